The molecule has 0 aromatic heterocycles. The summed E-state index contributed by atoms with van der Waals surface area (Å²) in [6.45, 7) is 49.4. The van der Waals surface area contributed by atoms with Crippen molar-refractivity contribution < 1.29 is 0 Å². The Morgan fingerprint density at radius 3 is 0.562 bits per heavy atom. The van der Waals surface area contributed by atoms with Crippen LogP contribution in [0.25, 0.3) is 0 Å². The maximum absolute atomic E-state index is 2.53. The van der Waals surface area contributed by atoms with Crippen LogP contribution in [0, 0.1) is 21.7 Å². The average molecular weight is 717 g/mol. The van der Waals surface area contributed by atoms with Crippen molar-refractivity contribution in [3.8, 4) is 0 Å². The molecular formula is C44H64P4. The van der Waals surface area contributed by atoms with Gasteiger partial charge in [0.2, 0.25) is 0 Å². The van der Waals surface area contributed by atoms with Crippen LogP contribution in [-0.2, 0) is 0 Å². The Hall–Kier alpha value is -0.360. The molecule has 0 nitrogen and oxygen atoms in total. The Balaban J connectivity index is 0.000000152. The Morgan fingerprint density at radius 2 is 0.438 bits per heavy atom. The third-order valence-corrected chi connectivity index (χ3v) is 31.5. The number of hydrogen-bond acceptors (Lipinski definition) is 0. The van der Waals surface area contributed by atoms with E-state index in [0.717, 1.165) is 22.6 Å². The van der Waals surface area contributed by atoms with Crippen LogP contribution in [0.15, 0.2) is 87.1 Å². The lowest BCUT2D eigenvalue weighted by molar-refractivity contribution is 0.485. The second-order valence-corrected chi connectivity index (χ2v) is 28.3. The minimum atomic E-state index is -0.111. The number of fused-ring (bicyclic) bond motifs is 8. The van der Waals surface area contributed by atoms with Crippen molar-refractivity contribution in [1.82, 2.24) is 0 Å². The average Bonchev–Trinajstić information content (AvgIpc) is 3.73. The molecule has 48 heavy (non-hydrogen) atoms. The Morgan fingerprint density at radius 1 is 0.292 bits per heavy atom. The predicted molar refractivity (Wildman–Crippen MR) is 222 cm³/mol. The standard InChI is InChI=1S/2C22H32P2/c2*1-11-15(5)23-17(7)21(11,9)13(3)19(23)20-14(4)22(10)12(2)16(6)24(20)18(22)8/h2*17-18H,1-10H3/t2*17?,18?,21-,22-,23-,24-/m10/s1. The zero-order chi connectivity index (χ0) is 35.9. The zero-order valence-electron chi connectivity index (χ0n) is 34.1. The van der Waals surface area contributed by atoms with E-state index in [9.17, 15) is 0 Å². The largest absolute Gasteiger partial charge is 0.0589 e. The van der Waals surface area contributed by atoms with Gasteiger partial charge in [0.25, 0.3) is 0 Å². The third-order valence-electron chi connectivity index (χ3n) is 17.6. The Bertz CT molecular complexity index is 1610. The molecule has 8 bridgehead atoms. The van der Waals surface area contributed by atoms with E-state index in [1.165, 1.54) is 0 Å². The minimum Gasteiger partial charge on any atom is -0.0589 e. The summed E-state index contributed by atoms with van der Waals surface area (Å²) >= 11 is 0. The predicted octanol–water partition coefficient (Wildman–Crippen LogP) is 15.9. The first-order chi connectivity index (χ1) is 22.0. The summed E-state index contributed by atoms with van der Waals surface area (Å²) < 4.78 is 0. The van der Waals surface area contributed by atoms with Crippen molar-refractivity contribution in [3.63, 3.8) is 0 Å². The topological polar surface area (TPSA) is 0 Å². The molecule has 8 aliphatic heterocycles. The quantitative estimate of drug-likeness (QED) is 0.250. The molecule has 260 valence electrons. The van der Waals surface area contributed by atoms with Gasteiger partial charge in [0, 0.05) is 21.7 Å². The molecule has 0 radical (unpaired) electrons. The molecule has 0 aromatic rings. The smallest absolute Gasteiger partial charge is 0.0173 e. The molecule has 0 saturated carbocycles. The van der Waals surface area contributed by atoms with Gasteiger partial charge in [-0.2, -0.15) is 0 Å². The maximum Gasteiger partial charge on any atom is 0.0173 e. The summed E-state index contributed by atoms with van der Waals surface area (Å²) in [6.07, 6.45) is 0. The fourth-order valence-electron chi connectivity index (χ4n) is 12.4. The highest BCUT2D eigenvalue weighted by molar-refractivity contribution is 7.74. The zero-order valence-corrected chi connectivity index (χ0v) is 37.7. The highest BCUT2D eigenvalue weighted by atomic mass is 31.1. The van der Waals surface area contributed by atoms with Gasteiger partial charge in [-0.1, -0.05) is 100.0 Å². The van der Waals surface area contributed by atoms with E-state index >= 15 is 0 Å². The SMILES string of the molecule is CC1=C(C)[C@@]2(C)C(C)=C(C3=C(C)[C@]4(C)C(C)=C(C)[P@@]3C4C)[P@]1C2C.CC1=C(C)[C@]2(C)C(C)=C(C3=C(C)[C@@]4(C)C(C)=C(C)[P@]3C4C)[P@@]1C2C. The molecule has 0 amide bonds. The van der Waals surface area contributed by atoms with E-state index < -0.39 is 0 Å². The molecule has 8 heterocycles. The van der Waals surface area contributed by atoms with Gasteiger partial charge in [-0.05, 0) is 180 Å². The van der Waals surface area contributed by atoms with Crippen molar-refractivity contribution in [1.29, 1.82) is 0 Å². The van der Waals surface area contributed by atoms with E-state index in [2.05, 4.69) is 138 Å². The van der Waals surface area contributed by atoms with Crippen molar-refractivity contribution in [2.24, 2.45) is 21.7 Å². The summed E-state index contributed by atoms with van der Waals surface area (Å²) in [5.74, 6) is 0. The highest BCUT2D eigenvalue weighted by Crippen LogP contribution is 2.88. The van der Waals surface area contributed by atoms with E-state index in [4.69, 9.17) is 0 Å². The monoisotopic (exact) mass is 716 g/mol. The van der Waals surface area contributed by atoms with E-state index in [0.29, 0.717) is 21.7 Å². The molecule has 0 N–H and O–H groups in total. The van der Waals surface area contributed by atoms with Gasteiger partial charge in [-0.3, -0.25) is 0 Å². The molecule has 8 aliphatic rings. The van der Waals surface area contributed by atoms with Crippen molar-refractivity contribution in [2.45, 2.75) is 161 Å². The Labute approximate surface area is 300 Å². The van der Waals surface area contributed by atoms with Crippen molar-refractivity contribution in [2.75, 3.05) is 0 Å². The lowest BCUT2D eigenvalue weighted by Crippen LogP contribution is -2.24. The van der Waals surface area contributed by atoms with Crippen LogP contribution >= 0.6 is 31.7 Å². The van der Waals surface area contributed by atoms with Gasteiger partial charge in [0.1, 0.15) is 0 Å². The van der Waals surface area contributed by atoms with Crippen molar-refractivity contribution >= 4 is 31.7 Å². The third kappa shape index (κ3) is 3.57. The van der Waals surface area contributed by atoms with E-state index in [-0.39, 0.29) is 31.7 Å². The van der Waals surface area contributed by atoms with Crippen LogP contribution in [0.3, 0.4) is 0 Å². The summed E-state index contributed by atoms with van der Waals surface area (Å²) in [6, 6.07) is 0. The maximum atomic E-state index is 2.53. The van der Waals surface area contributed by atoms with Crippen LogP contribution in [0.5, 0.6) is 0 Å². The van der Waals surface area contributed by atoms with Gasteiger partial charge in [-0.25, -0.2) is 0 Å². The lowest BCUT2D eigenvalue weighted by Gasteiger charge is -2.33. The van der Waals surface area contributed by atoms with Crippen LogP contribution in [-0.4, -0.2) is 22.6 Å². The van der Waals surface area contributed by atoms with Crippen LogP contribution < -0.4 is 0 Å². The van der Waals surface area contributed by atoms with Crippen LogP contribution in [0.4, 0.5) is 0 Å². The van der Waals surface area contributed by atoms with E-state index in [1.54, 1.807) is 65.8 Å². The fourth-order valence-corrected chi connectivity index (χ4v) is 28.8. The molecule has 0 aromatic carbocycles. The van der Waals surface area contributed by atoms with Gasteiger partial charge in [0.05, 0.1) is 0 Å². The number of rotatable bonds is 2. The molecule has 0 aliphatic carbocycles. The van der Waals surface area contributed by atoms with Crippen molar-refractivity contribution in [3.05, 3.63) is 87.1 Å². The molecule has 8 rings (SSSR count). The fraction of sp³-hybridized carbons (Fsp3) is 0.636. The summed E-state index contributed by atoms with van der Waals surface area (Å²) in [5, 5.41) is 14.2. The van der Waals surface area contributed by atoms with Crippen LogP contribution in [0.2, 0.25) is 0 Å². The minimum absolute atomic E-state index is 0.111. The highest BCUT2D eigenvalue weighted by Gasteiger charge is 2.62. The van der Waals surface area contributed by atoms with Crippen LogP contribution in [0.1, 0.15) is 138 Å². The molecular weight excluding hydrogens is 652 g/mol. The first kappa shape index (κ1) is 36.0. The molecule has 0 spiro atoms. The molecule has 0 fully saturated rings. The van der Waals surface area contributed by atoms with E-state index in [1.807, 2.05) is 21.3 Å². The Kier molecular flexibility index (Phi) is 7.97. The molecule has 0 saturated heterocycles. The van der Waals surface area contributed by atoms with Gasteiger partial charge < -0.3 is 0 Å². The summed E-state index contributed by atoms with van der Waals surface area (Å²) in [4.78, 5) is 0. The normalized spacial score (nSPS) is 47.2. The second-order valence-electron chi connectivity index (χ2n) is 17.7. The molecule has 4 unspecified atom stereocenters. The summed E-state index contributed by atoms with van der Waals surface area (Å²) in [7, 11) is -0.445. The molecule has 12 atom stereocenters. The lowest BCUT2D eigenvalue weighted by atomic mass is 9.72. The van der Waals surface area contributed by atoms with Gasteiger partial charge in [-0.15, -0.1) is 0 Å². The number of hydrogen-bond donors (Lipinski definition) is 0. The van der Waals surface area contributed by atoms with Gasteiger partial charge >= 0.3 is 0 Å². The summed E-state index contributed by atoms with van der Waals surface area (Å²) in [5.41, 5.74) is 18.1. The number of allylic oxidation sites excluding steroid dienone is 16. The second kappa shape index (κ2) is 10.6. The van der Waals surface area contributed by atoms with Gasteiger partial charge in [0.15, 0.2) is 0 Å². The first-order valence-electron chi connectivity index (χ1n) is 18.8. The first-order valence-corrected chi connectivity index (χ1v) is 24.4. The molecule has 4 heteroatoms.